The molecule has 0 saturated heterocycles. The zero-order valence-electron chi connectivity index (χ0n) is 12.8. The number of carbonyl (C=O) groups excluding carboxylic acids is 1. The number of nitrogens with zero attached hydrogens (tertiary/aromatic N) is 2. The number of hydrogen-bond donors (Lipinski definition) is 1. The molecule has 0 saturated carbocycles. The topological polar surface area (TPSA) is 80.4 Å². The summed E-state index contributed by atoms with van der Waals surface area (Å²) in [7, 11) is 0.676. The molecule has 0 bridgehead atoms. The minimum Gasteiger partial charge on any atom is -0.481 e. The molecule has 1 heterocycles. The molecule has 0 aliphatic heterocycles. The Morgan fingerprint density at radius 2 is 1.92 bits per heavy atom. The van der Waals surface area contributed by atoms with Gasteiger partial charge in [0.1, 0.15) is 5.52 Å². The number of aliphatic carboxylic acids is 1. The second-order valence-corrected chi connectivity index (χ2v) is 4.62. The molecular weight excluding hydrogens is 329 g/mol. The van der Waals surface area contributed by atoms with Crippen LogP contribution < -0.4 is 4.68 Å². The Balaban J connectivity index is 0.000000307. The number of benzene rings is 1. The van der Waals surface area contributed by atoms with Crippen LogP contribution in [0, 0.1) is 0 Å². The number of methoxy groups -OCH3 is 1. The summed E-state index contributed by atoms with van der Waals surface area (Å²) in [6.45, 7) is 0.636. The number of ether oxygens (including phenoxy) is 1. The van der Waals surface area contributed by atoms with Gasteiger partial charge in [0.2, 0.25) is 0 Å². The highest BCUT2D eigenvalue weighted by atomic mass is 19.4. The van der Waals surface area contributed by atoms with E-state index in [9.17, 15) is 22.8 Å². The fraction of sp³-hybridized carbons (Fsp3) is 0.333. The van der Waals surface area contributed by atoms with Crippen molar-refractivity contribution in [2.24, 2.45) is 0 Å². The van der Waals surface area contributed by atoms with Gasteiger partial charge in [-0.25, -0.2) is 4.79 Å². The molecule has 0 atom stereocenters. The average Bonchev–Trinajstić information content (AvgIpc) is 2.53. The van der Waals surface area contributed by atoms with E-state index in [-0.39, 0.29) is 6.42 Å². The summed E-state index contributed by atoms with van der Waals surface area (Å²) < 4.78 is 38.1. The van der Waals surface area contributed by atoms with Gasteiger partial charge in [0.15, 0.2) is 12.7 Å². The highest BCUT2D eigenvalue weighted by molar-refractivity contribution is 5.76. The number of hydrogen-bond acceptors (Lipinski definition) is 4. The molecule has 1 aromatic heterocycles. The molecule has 0 amide bonds. The quantitative estimate of drug-likeness (QED) is 0.678. The van der Waals surface area contributed by atoms with Crippen LogP contribution in [0.5, 0.6) is 0 Å². The maximum Gasteiger partial charge on any atom is 0.490 e. The molecule has 0 unspecified atom stereocenters. The molecule has 0 aliphatic rings. The van der Waals surface area contributed by atoms with Gasteiger partial charge >= 0.3 is 18.1 Å². The molecule has 1 aromatic carbocycles. The Morgan fingerprint density at radius 3 is 2.46 bits per heavy atom. The van der Waals surface area contributed by atoms with Gasteiger partial charge in [-0.1, -0.05) is 22.9 Å². The van der Waals surface area contributed by atoms with Crippen LogP contribution in [0.1, 0.15) is 12.8 Å². The lowest BCUT2D eigenvalue weighted by Gasteiger charge is -1.99. The van der Waals surface area contributed by atoms with Crippen LogP contribution in [-0.2, 0) is 20.9 Å². The second-order valence-electron chi connectivity index (χ2n) is 4.62. The maximum absolute atomic E-state index is 11.0. The molecule has 2 aromatic rings. The van der Waals surface area contributed by atoms with Gasteiger partial charge in [0.25, 0.3) is 0 Å². The number of aromatic nitrogens is 2. The molecule has 24 heavy (non-hydrogen) atoms. The zero-order chi connectivity index (χ0) is 18.2. The monoisotopic (exact) mass is 345 g/mol. The van der Waals surface area contributed by atoms with E-state index in [1.54, 1.807) is 4.68 Å². The van der Waals surface area contributed by atoms with Crippen LogP contribution in [0.25, 0.3) is 10.9 Å². The number of aryl methyl sites for hydroxylation is 1. The first kappa shape index (κ1) is 19.3. The molecule has 9 heteroatoms. The average molecular weight is 345 g/mol. The Bertz CT molecular complexity index is 704. The van der Waals surface area contributed by atoms with Crippen molar-refractivity contribution < 1.29 is 37.3 Å². The van der Waals surface area contributed by atoms with Crippen LogP contribution in [0.4, 0.5) is 13.2 Å². The summed E-state index contributed by atoms with van der Waals surface area (Å²) in [5.41, 5.74) is 0.931. The van der Waals surface area contributed by atoms with Crippen LogP contribution in [0.3, 0.4) is 0 Å². The maximum atomic E-state index is 11.0. The summed E-state index contributed by atoms with van der Waals surface area (Å²) in [4.78, 5) is 19.9. The van der Waals surface area contributed by atoms with Crippen molar-refractivity contribution in [3.05, 3.63) is 36.5 Å². The number of fused-ring (bicyclic) bond motifs is 1. The second kappa shape index (κ2) is 8.80. The fourth-order valence-electron chi connectivity index (χ4n) is 1.69. The number of rotatable bonds is 4. The van der Waals surface area contributed by atoms with Gasteiger partial charge in [-0.3, -0.25) is 4.79 Å². The van der Waals surface area contributed by atoms with Crippen molar-refractivity contribution in [2.75, 3.05) is 7.11 Å². The first-order valence-corrected chi connectivity index (χ1v) is 6.86. The molecule has 6 nitrogen and oxygen atoms in total. The van der Waals surface area contributed by atoms with E-state index < -0.39 is 18.1 Å². The predicted octanol–water partition coefficient (Wildman–Crippen LogP) is 2.11. The van der Waals surface area contributed by atoms with E-state index in [2.05, 4.69) is 9.84 Å². The summed E-state index contributed by atoms with van der Waals surface area (Å²) in [6.07, 6.45) is -2.19. The first-order chi connectivity index (χ1) is 11.2. The highest BCUT2D eigenvalue weighted by Crippen LogP contribution is 2.15. The SMILES string of the molecule is COC(=O)C(F)(F)F.O=C(O)CCC[n+]1ccc2ccccc2n1. The predicted molar refractivity (Wildman–Crippen MR) is 76.9 cm³/mol. The van der Waals surface area contributed by atoms with E-state index in [4.69, 9.17) is 5.11 Å². The van der Waals surface area contributed by atoms with Crippen molar-refractivity contribution in [1.82, 2.24) is 5.10 Å². The van der Waals surface area contributed by atoms with Gasteiger partial charge in [-0.2, -0.15) is 13.2 Å². The molecule has 2 rings (SSSR count). The number of halogens is 3. The number of esters is 1. The largest absolute Gasteiger partial charge is 0.490 e. The number of carboxylic acids is 1. The lowest BCUT2D eigenvalue weighted by Crippen LogP contribution is -2.37. The first-order valence-electron chi connectivity index (χ1n) is 6.86. The molecule has 0 aliphatic carbocycles. The summed E-state index contributed by atoms with van der Waals surface area (Å²) in [5.74, 6) is -2.93. The zero-order valence-corrected chi connectivity index (χ0v) is 12.8. The third kappa shape index (κ3) is 6.59. The third-order valence-corrected chi connectivity index (χ3v) is 2.79. The van der Waals surface area contributed by atoms with Crippen LogP contribution in [-0.4, -0.2) is 35.4 Å². The van der Waals surface area contributed by atoms with Crippen molar-refractivity contribution in [1.29, 1.82) is 0 Å². The number of carbonyl (C=O) groups is 2. The number of carboxylic acid groups (broad SMARTS) is 1. The molecule has 1 N–H and O–H groups in total. The molecular formula is C15H16F3N2O4+. The Labute approximate surface area is 135 Å². The van der Waals surface area contributed by atoms with E-state index >= 15 is 0 Å². The lowest BCUT2D eigenvalue weighted by molar-refractivity contribution is -0.751. The summed E-state index contributed by atoms with van der Waals surface area (Å²) in [5, 5.41) is 14.0. The Kier molecular flexibility index (Phi) is 7.09. The minimum absolute atomic E-state index is 0.182. The molecule has 0 radical (unpaired) electrons. The van der Waals surface area contributed by atoms with Gasteiger partial charge in [0.05, 0.1) is 13.5 Å². The van der Waals surface area contributed by atoms with E-state index in [1.807, 2.05) is 36.5 Å². The normalized spacial score (nSPS) is 10.7. The van der Waals surface area contributed by atoms with Gasteiger partial charge in [0, 0.05) is 23.0 Å². The van der Waals surface area contributed by atoms with Gasteiger partial charge in [-0.15, -0.1) is 0 Å². The van der Waals surface area contributed by atoms with E-state index in [0.29, 0.717) is 20.1 Å². The standard InChI is InChI=1S/C12H12N2O2.C3H3F3O2/c15-12(16)6-3-8-14-9-7-10-4-1-2-5-11(10)13-14;1-8-2(7)3(4,5)6/h1-2,4-5,7,9H,3,6,8H2;1H3/p+1. The van der Waals surface area contributed by atoms with Crippen LogP contribution in [0.2, 0.25) is 0 Å². The summed E-state index contributed by atoms with van der Waals surface area (Å²) in [6, 6.07) is 9.85. The Hall–Kier alpha value is -2.71. The minimum atomic E-state index is -4.85. The van der Waals surface area contributed by atoms with Crippen molar-refractivity contribution in [3.63, 3.8) is 0 Å². The lowest BCUT2D eigenvalue weighted by atomic mass is 10.2. The smallest absolute Gasteiger partial charge is 0.481 e. The van der Waals surface area contributed by atoms with Crippen molar-refractivity contribution in [2.45, 2.75) is 25.6 Å². The number of alkyl halides is 3. The van der Waals surface area contributed by atoms with Crippen LogP contribution in [0.15, 0.2) is 36.5 Å². The van der Waals surface area contributed by atoms with Crippen LogP contribution >= 0.6 is 0 Å². The van der Waals surface area contributed by atoms with E-state index in [0.717, 1.165) is 10.9 Å². The molecule has 130 valence electrons. The Morgan fingerprint density at radius 1 is 1.25 bits per heavy atom. The van der Waals surface area contributed by atoms with Gasteiger partial charge in [-0.05, 0) is 6.07 Å². The van der Waals surface area contributed by atoms with Gasteiger partial charge < -0.3 is 9.84 Å². The highest BCUT2D eigenvalue weighted by Gasteiger charge is 2.40. The fourth-order valence-corrected chi connectivity index (χ4v) is 1.69. The molecule has 0 spiro atoms. The summed E-state index contributed by atoms with van der Waals surface area (Å²) >= 11 is 0. The van der Waals surface area contributed by atoms with Crippen molar-refractivity contribution in [3.8, 4) is 0 Å². The molecule has 0 fully saturated rings. The van der Waals surface area contributed by atoms with E-state index in [1.165, 1.54) is 0 Å². The van der Waals surface area contributed by atoms with Crippen molar-refractivity contribution >= 4 is 22.8 Å². The third-order valence-electron chi connectivity index (χ3n) is 2.79.